The lowest BCUT2D eigenvalue weighted by Gasteiger charge is -2.34. The van der Waals surface area contributed by atoms with Crippen molar-refractivity contribution in [2.24, 2.45) is 0 Å². The third-order valence-electron chi connectivity index (χ3n) is 6.30. The summed E-state index contributed by atoms with van der Waals surface area (Å²) in [6.07, 6.45) is 5.00. The molecule has 8 heteroatoms. The number of hydrogen-bond acceptors (Lipinski definition) is 6. The van der Waals surface area contributed by atoms with Crippen LogP contribution in [-0.2, 0) is 24.2 Å². The molecular weight excluding hydrogens is 440 g/mol. The molecule has 168 valence electrons. The Balaban J connectivity index is 1.14. The highest BCUT2D eigenvalue weighted by Crippen LogP contribution is 2.33. The third-order valence-corrected chi connectivity index (χ3v) is 8.50. The lowest BCUT2D eigenvalue weighted by atomic mass is 9.97. The van der Waals surface area contributed by atoms with Crippen LogP contribution in [0.4, 0.5) is 0 Å². The second kappa shape index (κ2) is 9.77. The number of carbonyl (C=O) groups excluding carboxylic acids is 1. The summed E-state index contributed by atoms with van der Waals surface area (Å²) in [6.45, 7) is 3.70. The van der Waals surface area contributed by atoms with Crippen molar-refractivity contribution in [2.75, 3.05) is 31.9 Å². The van der Waals surface area contributed by atoms with E-state index in [-0.39, 0.29) is 11.5 Å². The number of hydrogen-bond donors (Lipinski definition) is 1. The highest BCUT2D eigenvalue weighted by atomic mass is 32.2. The van der Waals surface area contributed by atoms with Gasteiger partial charge in [0.1, 0.15) is 10.7 Å². The molecule has 3 aromatic rings. The Labute approximate surface area is 196 Å². The zero-order chi connectivity index (χ0) is 21.9. The number of amides is 1. The Kier molecular flexibility index (Phi) is 6.62. The molecule has 0 saturated carbocycles. The van der Waals surface area contributed by atoms with E-state index in [9.17, 15) is 9.59 Å². The van der Waals surface area contributed by atoms with Gasteiger partial charge in [0.2, 0.25) is 5.91 Å². The average Bonchev–Trinajstić information content (AvgIpc) is 3.19. The Bertz CT molecular complexity index is 1150. The van der Waals surface area contributed by atoms with E-state index in [1.54, 1.807) is 23.1 Å². The lowest BCUT2D eigenvalue weighted by Crippen LogP contribution is -2.48. The number of aromatic nitrogens is 2. The SMILES string of the molecule is O=C(CCSc1ccccc1)N1CCN(Cc2nc3sc4c(c3c(=O)[nH]2)CCCC4)CC1. The molecule has 1 aliphatic carbocycles. The van der Waals surface area contributed by atoms with E-state index in [0.29, 0.717) is 13.0 Å². The van der Waals surface area contributed by atoms with Gasteiger partial charge in [-0.05, 0) is 43.4 Å². The molecule has 0 radical (unpaired) electrons. The van der Waals surface area contributed by atoms with Crippen molar-refractivity contribution < 1.29 is 4.79 Å². The van der Waals surface area contributed by atoms with Crippen LogP contribution in [0.15, 0.2) is 40.0 Å². The summed E-state index contributed by atoms with van der Waals surface area (Å²) in [5, 5.41) is 0.817. The van der Waals surface area contributed by atoms with Gasteiger partial charge in [-0.3, -0.25) is 14.5 Å². The number of nitrogens with one attached hydrogen (secondary N) is 1. The van der Waals surface area contributed by atoms with Gasteiger partial charge in [-0.1, -0.05) is 18.2 Å². The molecule has 1 amide bonds. The van der Waals surface area contributed by atoms with Crippen LogP contribution in [0.5, 0.6) is 0 Å². The fourth-order valence-electron chi connectivity index (χ4n) is 4.58. The number of benzene rings is 1. The molecule has 1 aliphatic heterocycles. The van der Waals surface area contributed by atoms with Gasteiger partial charge < -0.3 is 9.88 Å². The summed E-state index contributed by atoms with van der Waals surface area (Å²) >= 11 is 3.42. The summed E-state index contributed by atoms with van der Waals surface area (Å²) in [5.41, 5.74) is 1.24. The van der Waals surface area contributed by atoms with Crippen LogP contribution < -0.4 is 5.56 Å². The number of carbonyl (C=O) groups is 1. The minimum absolute atomic E-state index is 0.00845. The number of piperazine rings is 1. The number of thioether (sulfide) groups is 1. The van der Waals surface area contributed by atoms with Crippen LogP contribution in [0.3, 0.4) is 0 Å². The summed E-state index contributed by atoms with van der Waals surface area (Å²) in [7, 11) is 0. The van der Waals surface area contributed by atoms with Crippen LogP contribution in [0, 0.1) is 0 Å². The highest BCUT2D eigenvalue weighted by Gasteiger charge is 2.23. The first-order valence-electron chi connectivity index (χ1n) is 11.4. The normalized spacial score (nSPS) is 16.9. The molecule has 1 saturated heterocycles. The Morgan fingerprint density at radius 2 is 1.88 bits per heavy atom. The van der Waals surface area contributed by atoms with Crippen LogP contribution in [0.1, 0.15) is 35.5 Å². The minimum atomic E-state index is 0.00845. The molecule has 1 fully saturated rings. The molecule has 2 aromatic heterocycles. The zero-order valence-corrected chi connectivity index (χ0v) is 19.8. The quantitative estimate of drug-likeness (QED) is 0.559. The minimum Gasteiger partial charge on any atom is -0.340 e. The van der Waals surface area contributed by atoms with Crippen LogP contribution in [-0.4, -0.2) is 57.6 Å². The topological polar surface area (TPSA) is 69.3 Å². The van der Waals surface area contributed by atoms with Crippen molar-refractivity contribution in [3.05, 3.63) is 57.0 Å². The maximum Gasteiger partial charge on any atom is 0.259 e. The Morgan fingerprint density at radius 1 is 1.09 bits per heavy atom. The van der Waals surface area contributed by atoms with Crippen molar-refractivity contribution in [1.29, 1.82) is 0 Å². The van der Waals surface area contributed by atoms with Gasteiger partial charge in [0.15, 0.2) is 0 Å². The number of fused-ring (bicyclic) bond motifs is 3. The molecule has 2 aliphatic rings. The molecular formula is C24H28N4O2S2. The molecule has 1 N–H and O–H groups in total. The Hall–Kier alpha value is -2.16. The zero-order valence-electron chi connectivity index (χ0n) is 18.1. The van der Waals surface area contributed by atoms with Crippen LogP contribution in [0.25, 0.3) is 10.2 Å². The number of aryl methyl sites for hydroxylation is 2. The standard InChI is InChI=1S/C24H28N4O2S2/c29-21(10-15-31-17-6-2-1-3-7-17)28-13-11-27(12-14-28)16-20-25-23(30)22-18-8-4-5-9-19(18)32-24(22)26-20/h1-3,6-7H,4-5,8-16H2,(H,25,26,30). The van der Waals surface area contributed by atoms with E-state index < -0.39 is 0 Å². The molecule has 3 heterocycles. The monoisotopic (exact) mass is 468 g/mol. The van der Waals surface area contributed by atoms with Gasteiger partial charge in [-0.25, -0.2) is 4.98 Å². The molecule has 6 nitrogen and oxygen atoms in total. The largest absolute Gasteiger partial charge is 0.340 e. The molecule has 0 spiro atoms. The maximum atomic E-state index is 12.8. The first-order valence-corrected chi connectivity index (χ1v) is 13.2. The van der Waals surface area contributed by atoms with Crippen molar-refractivity contribution in [3.63, 3.8) is 0 Å². The van der Waals surface area contributed by atoms with Crippen molar-refractivity contribution in [2.45, 2.75) is 43.5 Å². The maximum absolute atomic E-state index is 12.8. The van der Waals surface area contributed by atoms with Crippen molar-refractivity contribution in [3.8, 4) is 0 Å². The first kappa shape index (κ1) is 21.7. The van der Waals surface area contributed by atoms with E-state index in [1.807, 2.05) is 23.1 Å². The summed E-state index contributed by atoms with van der Waals surface area (Å²) in [4.78, 5) is 40.8. The van der Waals surface area contributed by atoms with Crippen LogP contribution >= 0.6 is 23.1 Å². The van der Waals surface area contributed by atoms with Gasteiger partial charge in [0.25, 0.3) is 5.56 Å². The number of H-pyrrole nitrogens is 1. The fraction of sp³-hybridized carbons (Fsp3) is 0.458. The van der Waals surface area contributed by atoms with Crippen molar-refractivity contribution in [1.82, 2.24) is 19.8 Å². The lowest BCUT2D eigenvalue weighted by molar-refractivity contribution is -0.132. The predicted octanol–water partition coefficient (Wildman–Crippen LogP) is 3.69. The van der Waals surface area contributed by atoms with Gasteiger partial charge in [-0.2, -0.15) is 0 Å². The van der Waals surface area contributed by atoms with Gasteiger partial charge in [0.05, 0.1) is 11.9 Å². The molecule has 0 bridgehead atoms. The van der Waals surface area contributed by atoms with Gasteiger partial charge in [-0.15, -0.1) is 23.1 Å². The molecule has 5 rings (SSSR count). The number of rotatable bonds is 6. The van der Waals surface area contributed by atoms with E-state index in [1.165, 1.54) is 21.8 Å². The summed E-state index contributed by atoms with van der Waals surface area (Å²) in [6, 6.07) is 10.2. The fourth-order valence-corrected chi connectivity index (χ4v) is 6.72. The number of thiophene rings is 1. The molecule has 32 heavy (non-hydrogen) atoms. The number of nitrogens with zero attached hydrogens (tertiary/aromatic N) is 3. The summed E-state index contributed by atoms with van der Waals surface area (Å²) < 4.78 is 0. The number of aromatic amines is 1. The smallest absolute Gasteiger partial charge is 0.259 e. The van der Waals surface area contributed by atoms with Crippen molar-refractivity contribution >= 4 is 39.2 Å². The van der Waals surface area contributed by atoms with Gasteiger partial charge in [0, 0.05) is 48.1 Å². The second-order valence-corrected chi connectivity index (χ2v) is 10.7. The molecule has 0 atom stereocenters. The van der Waals surface area contributed by atoms with Crippen LogP contribution in [0.2, 0.25) is 0 Å². The van der Waals surface area contributed by atoms with E-state index in [2.05, 4.69) is 22.0 Å². The molecule has 0 unspecified atom stereocenters. The predicted molar refractivity (Wildman–Crippen MR) is 131 cm³/mol. The highest BCUT2D eigenvalue weighted by molar-refractivity contribution is 7.99. The molecule has 1 aromatic carbocycles. The van der Waals surface area contributed by atoms with E-state index >= 15 is 0 Å². The van der Waals surface area contributed by atoms with E-state index in [4.69, 9.17) is 4.98 Å². The Morgan fingerprint density at radius 3 is 2.69 bits per heavy atom. The third kappa shape index (κ3) is 4.77. The second-order valence-electron chi connectivity index (χ2n) is 8.47. The average molecular weight is 469 g/mol. The summed E-state index contributed by atoms with van der Waals surface area (Å²) in [5.74, 6) is 1.77. The van der Waals surface area contributed by atoms with Gasteiger partial charge >= 0.3 is 0 Å². The van der Waals surface area contributed by atoms with E-state index in [0.717, 1.165) is 67.2 Å². The first-order chi connectivity index (χ1) is 15.7.